The van der Waals surface area contributed by atoms with E-state index in [1.165, 1.54) is 11.8 Å². The summed E-state index contributed by atoms with van der Waals surface area (Å²) in [4.78, 5) is 16.5. The molecule has 1 N–H and O–H groups in total. The van der Waals surface area contributed by atoms with E-state index in [0.29, 0.717) is 11.6 Å². The van der Waals surface area contributed by atoms with Crippen molar-refractivity contribution in [3.63, 3.8) is 0 Å². The van der Waals surface area contributed by atoms with E-state index in [0.717, 1.165) is 16.5 Å². The van der Waals surface area contributed by atoms with Gasteiger partial charge in [-0.2, -0.15) is 0 Å². The molecular weight excluding hydrogens is 282 g/mol. The van der Waals surface area contributed by atoms with Crippen molar-refractivity contribution < 1.29 is 9.32 Å². The summed E-state index contributed by atoms with van der Waals surface area (Å²) in [5.41, 5.74) is 0.981. The molecule has 0 bridgehead atoms. The van der Waals surface area contributed by atoms with Crippen LogP contribution in [-0.4, -0.2) is 21.3 Å². The molecule has 7 heteroatoms. The van der Waals surface area contributed by atoms with Crippen molar-refractivity contribution in [1.29, 1.82) is 0 Å². The first-order valence-corrected chi connectivity index (χ1v) is 7.67. The van der Waals surface area contributed by atoms with E-state index in [1.807, 2.05) is 19.2 Å². The standard InChI is InChI=1S/C12H15N3O2S2/c1-4-9(19-12-13-7(2)6-18-12)11(16)14-10-5-8(3)17-15-10/h5-6,9H,4H2,1-3H3,(H,14,15,16)/t9-/m0/s1. The average Bonchev–Trinajstić information content (AvgIpc) is 2.95. The van der Waals surface area contributed by atoms with Crippen molar-refractivity contribution >= 4 is 34.8 Å². The van der Waals surface area contributed by atoms with Gasteiger partial charge in [0.2, 0.25) is 5.91 Å². The van der Waals surface area contributed by atoms with E-state index in [1.54, 1.807) is 24.3 Å². The lowest BCUT2D eigenvalue weighted by Gasteiger charge is -2.11. The van der Waals surface area contributed by atoms with Crippen LogP contribution in [0.4, 0.5) is 5.82 Å². The third kappa shape index (κ3) is 3.81. The molecule has 1 atom stereocenters. The first kappa shape index (κ1) is 14.1. The van der Waals surface area contributed by atoms with Gasteiger partial charge in [-0.05, 0) is 20.3 Å². The normalized spacial score (nSPS) is 12.4. The maximum absolute atomic E-state index is 12.1. The van der Waals surface area contributed by atoms with E-state index in [-0.39, 0.29) is 11.2 Å². The van der Waals surface area contributed by atoms with Crippen molar-refractivity contribution in [3.8, 4) is 0 Å². The van der Waals surface area contributed by atoms with Crippen LogP contribution in [0.3, 0.4) is 0 Å². The summed E-state index contributed by atoms with van der Waals surface area (Å²) < 4.78 is 5.83. The highest BCUT2D eigenvalue weighted by atomic mass is 32.2. The Morgan fingerprint density at radius 2 is 2.37 bits per heavy atom. The van der Waals surface area contributed by atoms with Crippen LogP contribution in [-0.2, 0) is 4.79 Å². The van der Waals surface area contributed by atoms with Crippen LogP contribution in [0.25, 0.3) is 0 Å². The first-order valence-electron chi connectivity index (χ1n) is 5.91. The van der Waals surface area contributed by atoms with Gasteiger partial charge in [-0.1, -0.05) is 23.8 Å². The van der Waals surface area contributed by atoms with Crippen LogP contribution < -0.4 is 5.32 Å². The summed E-state index contributed by atoms with van der Waals surface area (Å²) >= 11 is 3.04. The molecule has 0 unspecified atom stereocenters. The van der Waals surface area contributed by atoms with E-state index in [4.69, 9.17) is 4.52 Å². The van der Waals surface area contributed by atoms with Crippen LogP contribution in [0.1, 0.15) is 24.8 Å². The molecule has 102 valence electrons. The van der Waals surface area contributed by atoms with Crippen LogP contribution in [0.2, 0.25) is 0 Å². The third-order valence-electron chi connectivity index (χ3n) is 2.38. The summed E-state index contributed by atoms with van der Waals surface area (Å²) in [6, 6.07) is 1.70. The number of aryl methyl sites for hydroxylation is 2. The highest BCUT2D eigenvalue weighted by Crippen LogP contribution is 2.29. The summed E-state index contributed by atoms with van der Waals surface area (Å²) in [5, 5.41) is 8.31. The Balaban J connectivity index is 1.98. The molecule has 0 aliphatic carbocycles. The van der Waals surface area contributed by atoms with Gasteiger partial charge in [0.15, 0.2) is 10.2 Å². The number of anilines is 1. The molecule has 2 rings (SSSR count). The predicted octanol–water partition coefficient (Wildman–Crippen LogP) is 3.26. The number of nitrogens with zero attached hydrogens (tertiary/aromatic N) is 2. The van der Waals surface area contributed by atoms with Gasteiger partial charge >= 0.3 is 0 Å². The van der Waals surface area contributed by atoms with E-state index < -0.39 is 0 Å². The smallest absolute Gasteiger partial charge is 0.239 e. The van der Waals surface area contributed by atoms with Gasteiger partial charge in [0.25, 0.3) is 0 Å². The number of thioether (sulfide) groups is 1. The molecule has 19 heavy (non-hydrogen) atoms. The second kappa shape index (κ2) is 6.21. The zero-order valence-electron chi connectivity index (χ0n) is 11.0. The van der Waals surface area contributed by atoms with E-state index >= 15 is 0 Å². The minimum absolute atomic E-state index is 0.0753. The number of hydrogen-bond acceptors (Lipinski definition) is 6. The molecule has 2 aromatic rings. The highest BCUT2D eigenvalue weighted by molar-refractivity contribution is 8.02. The van der Waals surface area contributed by atoms with Crippen molar-refractivity contribution in [1.82, 2.24) is 10.1 Å². The lowest BCUT2D eigenvalue weighted by atomic mass is 10.3. The zero-order chi connectivity index (χ0) is 13.8. The minimum atomic E-state index is -0.178. The number of nitrogens with one attached hydrogen (secondary N) is 1. The Labute approximate surface area is 119 Å². The van der Waals surface area contributed by atoms with Crippen molar-refractivity contribution in [2.75, 3.05) is 5.32 Å². The van der Waals surface area contributed by atoms with Gasteiger partial charge in [0.1, 0.15) is 5.76 Å². The molecule has 0 aromatic carbocycles. The molecule has 0 saturated carbocycles. The number of amides is 1. The van der Waals surface area contributed by atoms with E-state index in [2.05, 4.69) is 15.5 Å². The van der Waals surface area contributed by atoms with Gasteiger partial charge in [-0.3, -0.25) is 4.79 Å². The Bertz CT molecular complexity index is 565. The average molecular weight is 297 g/mol. The van der Waals surface area contributed by atoms with Crippen molar-refractivity contribution in [2.45, 2.75) is 36.8 Å². The molecule has 0 saturated heterocycles. The third-order valence-corrected chi connectivity index (χ3v) is 4.84. The first-order chi connectivity index (χ1) is 9.08. The quantitative estimate of drug-likeness (QED) is 0.858. The molecule has 0 aliphatic rings. The monoisotopic (exact) mass is 297 g/mol. The van der Waals surface area contributed by atoms with Crippen LogP contribution in [0.15, 0.2) is 20.3 Å². The van der Waals surface area contributed by atoms with Gasteiger partial charge in [0.05, 0.1) is 5.25 Å². The van der Waals surface area contributed by atoms with Gasteiger partial charge < -0.3 is 9.84 Å². The summed E-state index contributed by atoms with van der Waals surface area (Å²) in [5.74, 6) is 1.05. The van der Waals surface area contributed by atoms with Gasteiger partial charge in [0, 0.05) is 17.1 Å². The summed E-state index contributed by atoms with van der Waals surface area (Å²) in [7, 11) is 0. The second-order valence-corrected chi connectivity index (χ2v) is 6.39. The van der Waals surface area contributed by atoms with Crippen molar-refractivity contribution in [2.24, 2.45) is 0 Å². The predicted molar refractivity (Wildman–Crippen MR) is 76.7 cm³/mol. The molecule has 0 fully saturated rings. The SMILES string of the molecule is CC[C@H](Sc1nc(C)cs1)C(=O)Nc1cc(C)on1. The van der Waals surface area contributed by atoms with Crippen LogP contribution in [0, 0.1) is 13.8 Å². The number of carbonyl (C=O) groups is 1. The van der Waals surface area contributed by atoms with Crippen molar-refractivity contribution in [3.05, 3.63) is 22.9 Å². The van der Waals surface area contributed by atoms with Gasteiger partial charge in [-0.25, -0.2) is 4.98 Å². The minimum Gasteiger partial charge on any atom is -0.360 e. The molecule has 0 aliphatic heterocycles. The fraction of sp³-hybridized carbons (Fsp3) is 0.417. The maximum Gasteiger partial charge on any atom is 0.239 e. The van der Waals surface area contributed by atoms with E-state index in [9.17, 15) is 4.79 Å². The molecule has 1 amide bonds. The number of aromatic nitrogens is 2. The highest BCUT2D eigenvalue weighted by Gasteiger charge is 2.20. The lowest BCUT2D eigenvalue weighted by molar-refractivity contribution is -0.115. The molecule has 0 spiro atoms. The fourth-order valence-electron chi connectivity index (χ4n) is 1.46. The Morgan fingerprint density at radius 3 is 2.89 bits per heavy atom. The number of thiazole rings is 1. The Kier molecular flexibility index (Phi) is 4.60. The fourth-order valence-corrected chi connectivity index (χ4v) is 3.47. The molecular formula is C12H15N3O2S2. The topological polar surface area (TPSA) is 68.0 Å². The van der Waals surface area contributed by atoms with Gasteiger partial charge in [-0.15, -0.1) is 11.3 Å². The molecule has 2 aromatic heterocycles. The Hall–Kier alpha value is -1.34. The molecule has 2 heterocycles. The maximum atomic E-state index is 12.1. The van der Waals surface area contributed by atoms with Crippen LogP contribution in [0.5, 0.6) is 0 Å². The summed E-state index contributed by atoms with van der Waals surface area (Å²) in [6.07, 6.45) is 0.728. The second-order valence-electron chi connectivity index (χ2n) is 4.08. The molecule has 0 radical (unpaired) electrons. The lowest BCUT2D eigenvalue weighted by Crippen LogP contribution is -2.24. The number of hydrogen-bond donors (Lipinski definition) is 1. The number of rotatable bonds is 5. The van der Waals surface area contributed by atoms with Crippen LogP contribution >= 0.6 is 23.1 Å². The summed E-state index contributed by atoms with van der Waals surface area (Å²) in [6.45, 7) is 5.71. The Morgan fingerprint density at radius 1 is 1.58 bits per heavy atom. The zero-order valence-corrected chi connectivity index (χ0v) is 12.6. The largest absolute Gasteiger partial charge is 0.360 e. The number of carbonyl (C=O) groups excluding carboxylic acids is 1. The molecule has 5 nitrogen and oxygen atoms in total.